The fraction of sp³-hybridized carbons (Fsp3) is 0.375. The van der Waals surface area contributed by atoms with Crippen LogP contribution in [0.25, 0.3) is 11.0 Å². The number of aromatic amines is 1. The summed E-state index contributed by atoms with van der Waals surface area (Å²) in [5.41, 5.74) is 7.41. The van der Waals surface area contributed by atoms with Crippen molar-refractivity contribution in [1.82, 2.24) is 15.3 Å². The summed E-state index contributed by atoms with van der Waals surface area (Å²) in [5.74, 6) is 0.789. The van der Waals surface area contributed by atoms with Crippen LogP contribution in [0.5, 0.6) is 0 Å². The second-order valence-corrected chi connectivity index (χ2v) is 7.41. The maximum Gasteiger partial charge on any atom is 0.259 e. The van der Waals surface area contributed by atoms with E-state index >= 15 is 0 Å². The number of anilines is 1. The summed E-state index contributed by atoms with van der Waals surface area (Å²) in [6, 6.07) is 3.98. The lowest BCUT2D eigenvalue weighted by atomic mass is 10.1. The number of amides is 1. The highest BCUT2D eigenvalue weighted by Crippen LogP contribution is 2.30. The first-order valence-corrected chi connectivity index (χ1v) is 8.53. The molecule has 0 saturated heterocycles. The number of thioether (sulfide) groups is 1. The van der Waals surface area contributed by atoms with E-state index in [1.54, 1.807) is 18.0 Å². The average molecular weight is 368 g/mol. The van der Waals surface area contributed by atoms with Gasteiger partial charge in [0, 0.05) is 48.4 Å². The van der Waals surface area contributed by atoms with Crippen molar-refractivity contribution in [2.24, 2.45) is 5.73 Å². The van der Waals surface area contributed by atoms with Crippen LogP contribution in [-0.4, -0.2) is 40.3 Å². The standard InChI is InChI=1S/C16H21N5OS.ClH/c1-16(2,17)10-20-15(22)13-9-21(7-8-23-13)12-4-6-19-14-11(12)3-5-18-14;/h3-6,9H,7-8,10,17H2,1-2H3,(H,18,19)(H,20,22);1H. The van der Waals surface area contributed by atoms with Gasteiger partial charge in [0.15, 0.2) is 0 Å². The number of pyridine rings is 1. The first-order valence-electron chi connectivity index (χ1n) is 7.54. The van der Waals surface area contributed by atoms with Crippen LogP contribution >= 0.6 is 24.2 Å². The minimum Gasteiger partial charge on any atom is -0.350 e. The molecule has 0 aliphatic carbocycles. The Bertz CT molecular complexity index is 752. The van der Waals surface area contributed by atoms with E-state index in [9.17, 15) is 4.79 Å². The maximum atomic E-state index is 12.3. The summed E-state index contributed by atoms with van der Waals surface area (Å²) in [4.78, 5) is 22.6. The Labute approximate surface area is 151 Å². The van der Waals surface area contributed by atoms with Gasteiger partial charge in [0.25, 0.3) is 5.91 Å². The van der Waals surface area contributed by atoms with Crippen molar-refractivity contribution >= 4 is 46.8 Å². The Hall–Kier alpha value is -1.70. The van der Waals surface area contributed by atoms with Crippen molar-refractivity contribution in [1.29, 1.82) is 0 Å². The summed E-state index contributed by atoms with van der Waals surface area (Å²) in [7, 11) is 0. The van der Waals surface area contributed by atoms with Gasteiger partial charge in [-0.25, -0.2) is 4.98 Å². The van der Waals surface area contributed by atoms with Crippen molar-refractivity contribution in [3.63, 3.8) is 0 Å². The van der Waals surface area contributed by atoms with Gasteiger partial charge in [0.05, 0.1) is 10.6 Å². The average Bonchev–Trinajstić information content (AvgIpc) is 3.00. The molecule has 4 N–H and O–H groups in total. The number of fused-ring (bicyclic) bond motifs is 1. The summed E-state index contributed by atoms with van der Waals surface area (Å²) in [6.45, 7) is 5.08. The Morgan fingerprint density at radius 2 is 2.29 bits per heavy atom. The fourth-order valence-electron chi connectivity index (χ4n) is 2.40. The first-order chi connectivity index (χ1) is 10.9. The van der Waals surface area contributed by atoms with Gasteiger partial charge < -0.3 is 20.9 Å². The molecule has 2 aromatic rings. The minimum atomic E-state index is -0.419. The van der Waals surface area contributed by atoms with Gasteiger partial charge in [-0.2, -0.15) is 0 Å². The predicted octanol–water partition coefficient (Wildman–Crippen LogP) is 2.23. The van der Waals surface area contributed by atoms with Crippen LogP contribution in [0.15, 0.2) is 35.6 Å². The number of nitrogens with zero attached hydrogens (tertiary/aromatic N) is 2. The van der Waals surface area contributed by atoms with Crippen LogP contribution in [0.4, 0.5) is 5.69 Å². The molecular formula is C16H22ClN5OS. The minimum absolute atomic E-state index is 0. The molecule has 0 spiro atoms. The number of halogens is 1. The molecule has 0 atom stereocenters. The number of hydrogen-bond donors (Lipinski definition) is 3. The molecule has 0 saturated carbocycles. The SMILES string of the molecule is CC(C)(N)CNC(=O)C1=CN(c2ccnc3[nH]ccc23)CCS1.Cl. The van der Waals surface area contributed by atoms with Gasteiger partial charge in [-0.15, -0.1) is 24.2 Å². The number of rotatable bonds is 4. The Morgan fingerprint density at radius 1 is 1.50 bits per heavy atom. The molecule has 3 rings (SSSR count). The molecule has 8 heteroatoms. The van der Waals surface area contributed by atoms with Crippen LogP contribution in [0.2, 0.25) is 0 Å². The number of hydrogen-bond acceptors (Lipinski definition) is 5. The van der Waals surface area contributed by atoms with Gasteiger partial charge in [-0.3, -0.25) is 4.79 Å². The molecular weight excluding hydrogens is 346 g/mol. The van der Waals surface area contributed by atoms with E-state index in [2.05, 4.69) is 20.2 Å². The van der Waals surface area contributed by atoms with Gasteiger partial charge in [0.1, 0.15) is 5.65 Å². The van der Waals surface area contributed by atoms with E-state index in [0.29, 0.717) is 11.4 Å². The number of H-pyrrole nitrogens is 1. The molecule has 6 nitrogen and oxygen atoms in total. The van der Waals surface area contributed by atoms with E-state index in [-0.39, 0.29) is 18.3 Å². The number of nitrogens with two attached hydrogens (primary N) is 1. The highest BCUT2D eigenvalue weighted by molar-refractivity contribution is 8.04. The number of nitrogens with one attached hydrogen (secondary N) is 2. The monoisotopic (exact) mass is 367 g/mol. The van der Waals surface area contributed by atoms with Crippen molar-refractivity contribution < 1.29 is 4.79 Å². The third-order valence-electron chi connectivity index (χ3n) is 3.54. The zero-order valence-electron chi connectivity index (χ0n) is 13.7. The topological polar surface area (TPSA) is 87.0 Å². The van der Waals surface area contributed by atoms with E-state index in [1.807, 2.05) is 38.4 Å². The van der Waals surface area contributed by atoms with Crippen molar-refractivity contribution in [2.75, 3.05) is 23.7 Å². The zero-order chi connectivity index (χ0) is 16.4. The lowest BCUT2D eigenvalue weighted by Crippen LogP contribution is -2.45. The number of aromatic nitrogens is 2. The van der Waals surface area contributed by atoms with E-state index in [4.69, 9.17) is 5.73 Å². The quantitative estimate of drug-likeness (QED) is 0.771. The van der Waals surface area contributed by atoms with Crippen LogP contribution in [-0.2, 0) is 4.79 Å². The summed E-state index contributed by atoms with van der Waals surface area (Å²) in [6.07, 6.45) is 5.57. The third kappa shape index (κ3) is 4.23. The molecule has 0 fully saturated rings. The number of carbonyl (C=O) groups excluding carboxylic acids is 1. The first kappa shape index (κ1) is 18.6. The van der Waals surface area contributed by atoms with Crippen molar-refractivity contribution in [3.8, 4) is 0 Å². The van der Waals surface area contributed by atoms with Crippen LogP contribution in [0, 0.1) is 0 Å². The van der Waals surface area contributed by atoms with Gasteiger partial charge in [-0.05, 0) is 26.0 Å². The molecule has 1 amide bonds. The summed E-state index contributed by atoms with van der Waals surface area (Å²) < 4.78 is 0. The largest absolute Gasteiger partial charge is 0.350 e. The van der Waals surface area contributed by atoms with Gasteiger partial charge >= 0.3 is 0 Å². The predicted molar refractivity (Wildman–Crippen MR) is 103 cm³/mol. The van der Waals surface area contributed by atoms with Crippen LogP contribution in [0.3, 0.4) is 0 Å². The lowest BCUT2D eigenvalue weighted by Gasteiger charge is -2.27. The van der Waals surface area contributed by atoms with E-state index < -0.39 is 5.54 Å². The van der Waals surface area contributed by atoms with Crippen molar-refractivity contribution in [3.05, 3.63) is 35.6 Å². The van der Waals surface area contributed by atoms with Crippen molar-refractivity contribution in [2.45, 2.75) is 19.4 Å². The maximum absolute atomic E-state index is 12.3. The highest BCUT2D eigenvalue weighted by atomic mass is 35.5. The fourth-order valence-corrected chi connectivity index (χ4v) is 3.32. The lowest BCUT2D eigenvalue weighted by molar-refractivity contribution is -0.117. The Kier molecular flexibility index (Phi) is 5.79. The molecule has 0 unspecified atom stereocenters. The van der Waals surface area contributed by atoms with E-state index in [1.165, 1.54) is 0 Å². The normalized spacial score (nSPS) is 15.0. The summed E-state index contributed by atoms with van der Waals surface area (Å²) in [5, 5.41) is 3.95. The Balaban J connectivity index is 0.00000208. The number of carbonyl (C=O) groups is 1. The molecule has 130 valence electrons. The Morgan fingerprint density at radius 3 is 3.04 bits per heavy atom. The zero-order valence-corrected chi connectivity index (χ0v) is 15.3. The van der Waals surface area contributed by atoms with E-state index in [0.717, 1.165) is 29.0 Å². The van der Waals surface area contributed by atoms with Gasteiger partial charge in [0.2, 0.25) is 0 Å². The molecule has 24 heavy (non-hydrogen) atoms. The molecule has 1 aliphatic heterocycles. The van der Waals surface area contributed by atoms with Crippen LogP contribution < -0.4 is 16.0 Å². The molecule has 1 aliphatic rings. The smallest absolute Gasteiger partial charge is 0.259 e. The second kappa shape index (κ2) is 7.46. The molecule has 3 heterocycles. The summed E-state index contributed by atoms with van der Waals surface area (Å²) >= 11 is 1.57. The highest BCUT2D eigenvalue weighted by Gasteiger charge is 2.21. The molecule has 0 aromatic carbocycles. The van der Waals surface area contributed by atoms with Gasteiger partial charge in [-0.1, -0.05) is 0 Å². The third-order valence-corrected chi connectivity index (χ3v) is 4.53. The molecule has 2 aromatic heterocycles. The second-order valence-electron chi connectivity index (χ2n) is 6.28. The molecule has 0 radical (unpaired) electrons. The van der Waals surface area contributed by atoms with Crippen LogP contribution in [0.1, 0.15) is 13.8 Å². The molecule has 0 bridgehead atoms.